The third kappa shape index (κ3) is 5.06. The van der Waals surface area contributed by atoms with Crippen molar-refractivity contribution in [3.8, 4) is 0 Å². The zero-order valence-corrected chi connectivity index (χ0v) is 11.9. The number of carbonyl (C=O) groups is 2. The van der Waals surface area contributed by atoms with Crippen molar-refractivity contribution in [2.24, 2.45) is 11.8 Å². The fourth-order valence-corrected chi connectivity index (χ4v) is 2.47. The number of carboxylic acid groups (broad SMARTS) is 1. The van der Waals surface area contributed by atoms with E-state index in [9.17, 15) is 9.59 Å². The van der Waals surface area contributed by atoms with E-state index in [-0.39, 0.29) is 25.3 Å². The van der Waals surface area contributed by atoms with Gasteiger partial charge in [-0.05, 0) is 25.2 Å². The van der Waals surface area contributed by atoms with Crippen LogP contribution in [0.4, 0.5) is 4.79 Å². The smallest absolute Gasteiger partial charge is 0.329 e. The number of hydrogen-bond donors (Lipinski definition) is 2. The maximum absolute atomic E-state index is 12.0. The molecule has 1 heterocycles. The maximum Gasteiger partial charge on any atom is 0.329 e. The van der Waals surface area contributed by atoms with Gasteiger partial charge < -0.3 is 20.1 Å². The lowest BCUT2D eigenvalue weighted by atomic mass is 9.86. The van der Waals surface area contributed by atoms with Crippen LogP contribution in [0.15, 0.2) is 0 Å². The van der Waals surface area contributed by atoms with E-state index >= 15 is 0 Å². The minimum absolute atomic E-state index is 0.0928. The quantitative estimate of drug-likeness (QED) is 0.736. The van der Waals surface area contributed by atoms with Crippen LogP contribution in [0.3, 0.4) is 0 Å². The Hall–Kier alpha value is -1.30. The normalized spacial score (nSPS) is 27.1. The maximum atomic E-state index is 12.0. The van der Waals surface area contributed by atoms with Gasteiger partial charge in [0.25, 0.3) is 0 Å². The molecular weight excluding hydrogens is 248 g/mol. The summed E-state index contributed by atoms with van der Waals surface area (Å²) >= 11 is 0. The number of amides is 2. The van der Waals surface area contributed by atoms with Gasteiger partial charge in [-0.1, -0.05) is 13.8 Å². The molecule has 3 unspecified atom stereocenters. The van der Waals surface area contributed by atoms with E-state index in [2.05, 4.69) is 26.1 Å². The first-order valence-corrected chi connectivity index (χ1v) is 6.75. The van der Waals surface area contributed by atoms with Crippen molar-refractivity contribution in [1.82, 2.24) is 10.2 Å². The third-order valence-electron chi connectivity index (χ3n) is 3.61. The summed E-state index contributed by atoms with van der Waals surface area (Å²) in [6, 6.07) is 0.140. The topological polar surface area (TPSA) is 78.9 Å². The number of carboxylic acids is 1. The zero-order valence-electron chi connectivity index (χ0n) is 11.9. The monoisotopic (exact) mass is 272 g/mol. The summed E-state index contributed by atoms with van der Waals surface area (Å²) in [4.78, 5) is 24.1. The summed E-state index contributed by atoms with van der Waals surface area (Å²) in [5.41, 5.74) is 0. The lowest BCUT2D eigenvalue weighted by molar-refractivity contribution is -0.142. The number of aliphatic carboxylic acids is 1. The van der Waals surface area contributed by atoms with E-state index in [1.165, 1.54) is 0 Å². The van der Waals surface area contributed by atoms with Crippen molar-refractivity contribution >= 4 is 12.0 Å². The van der Waals surface area contributed by atoms with E-state index in [4.69, 9.17) is 9.84 Å². The van der Waals surface area contributed by atoms with E-state index in [1.807, 2.05) is 4.90 Å². The van der Waals surface area contributed by atoms with Gasteiger partial charge in [0.2, 0.25) is 0 Å². The average Bonchev–Trinajstić information content (AvgIpc) is 2.32. The summed E-state index contributed by atoms with van der Waals surface area (Å²) in [7, 11) is 0. The van der Waals surface area contributed by atoms with Crippen molar-refractivity contribution in [1.29, 1.82) is 0 Å². The molecule has 0 aromatic rings. The van der Waals surface area contributed by atoms with E-state index < -0.39 is 5.97 Å². The molecular formula is C13H24N2O4. The van der Waals surface area contributed by atoms with Crippen LogP contribution in [0.25, 0.3) is 0 Å². The minimum atomic E-state index is -1.00. The Kier molecular flexibility index (Phi) is 6.08. The van der Waals surface area contributed by atoms with Crippen LogP contribution in [-0.4, -0.2) is 54.4 Å². The highest BCUT2D eigenvalue weighted by Crippen LogP contribution is 2.26. The molecule has 1 rings (SSSR count). The van der Waals surface area contributed by atoms with Gasteiger partial charge >= 0.3 is 12.0 Å². The first kappa shape index (κ1) is 15.8. The molecule has 2 N–H and O–H groups in total. The van der Waals surface area contributed by atoms with Crippen LogP contribution in [0.5, 0.6) is 0 Å². The number of hydrogen-bond acceptors (Lipinski definition) is 3. The second-order valence-corrected chi connectivity index (χ2v) is 5.39. The van der Waals surface area contributed by atoms with Crippen LogP contribution in [0.2, 0.25) is 0 Å². The highest BCUT2D eigenvalue weighted by molar-refractivity contribution is 5.74. The minimum Gasteiger partial charge on any atom is -0.480 e. The fraction of sp³-hybridized carbons (Fsp3) is 0.846. The van der Waals surface area contributed by atoms with Crippen molar-refractivity contribution in [2.45, 2.75) is 33.2 Å². The Morgan fingerprint density at radius 2 is 2.05 bits per heavy atom. The molecule has 1 aliphatic heterocycles. The zero-order chi connectivity index (χ0) is 14.4. The predicted molar refractivity (Wildman–Crippen MR) is 71.0 cm³/mol. The van der Waals surface area contributed by atoms with Crippen LogP contribution in [0.1, 0.15) is 27.2 Å². The van der Waals surface area contributed by atoms with Crippen LogP contribution >= 0.6 is 0 Å². The van der Waals surface area contributed by atoms with Gasteiger partial charge in [-0.15, -0.1) is 0 Å². The van der Waals surface area contributed by atoms with Gasteiger partial charge in [0.15, 0.2) is 0 Å². The van der Waals surface area contributed by atoms with Gasteiger partial charge in [0, 0.05) is 19.1 Å². The Labute approximate surface area is 114 Å². The average molecular weight is 272 g/mol. The standard InChI is InChI=1S/C13H24N2O4/c1-9-6-10(2)11(3)15(7-9)13(18)14-4-5-19-8-12(16)17/h9-11H,4-8H2,1-3H3,(H,14,18)(H,16,17). The molecule has 19 heavy (non-hydrogen) atoms. The van der Waals surface area contributed by atoms with Gasteiger partial charge in [-0.3, -0.25) is 0 Å². The number of nitrogens with zero attached hydrogens (tertiary/aromatic N) is 1. The van der Waals surface area contributed by atoms with Gasteiger partial charge in [-0.2, -0.15) is 0 Å². The van der Waals surface area contributed by atoms with Crippen LogP contribution in [-0.2, 0) is 9.53 Å². The van der Waals surface area contributed by atoms with Crippen molar-refractivity contribution in [2.75, 3.05) is 26.3 Å². The SMILES string of the molecule is CC1CC(C)C(C)N(C(=O)NCCOCC(=O)O)C1. The predicted octanol–water partition coefficient (Wildman–Crippen LogP) is 1.16. The molecule has 0 aromatic carbocycles. The third-order valence-corrected chi connectivity index (χ3v) is 3.61. The Balaban J connectivity index is 2.30. The second-order valence-electron chi connectivity index (χ2n) is 5.39. The van der Waals surface area contributed by atoms with Gasteiger partial charge in [0.1, 0.15) is 6.61 Å². The highest BCUT2D eigenvalue weighted by atomic mass is 16.5. The highest BCUT2D eigenvalue weighted by Gasteiger charge is 2.31. The number of nitrogens with one attached hydrogen (secondary N) is 1. The van der Waals surface area contributed by atoms with Gasteiger partial charge in [-0.25, -0.2) is 9.59 Å². The summed E-state index contributed by atoms with van der Waals surface area (Å²) in [5, 5.41) is 11.2. The summed E-state index contributed by atoms with van der Waals surface area (Å²) in [6.45, 7) is 7.37. The molecule has 0 saturated carbocycles. The van der Waals surface area contributed by atoms with E-state index in [1.54, 1.807) is 0 Å². The van der Waals surface area contributed by atoms with E-state index in [0.29, 0.717) is 18.4 Å². The number of ether oxygens (including phenoxy) is 1. The molecule has 0 aliphatic carbocycles. The molecule has 6 nitrogen and oxygen atoms in total. The van der Waals surface area contributed by atoms with Crippen molar-refractivity contribution in [3.05, 3.63) is 0 Å². The molecule has 2 amide bonds. The lowest BCUT2D eigenvalue weighted by Crippen LogP contribution is -2.53. The number of urea groups is 1. The molecule has 0 aromatic heterocycles. The Morgan fingerprint density at radius 1 is 1.37 bits per heavy atom. The molecule has 1 fully saturated rings. The number of rotatable bonds is 5. The number of piperidine rings is 1. The molecule has 110 valence electrons. The molecule has 1 saturated heterocycles. The van der Waals surface area contributed by atoms with Crippen LogP contribution in [0, 0.1) is 11.8 Å². The van der Waals surface area contributed by atoms with Crippen LogP contribution < -0.4 is 5.32 Å². The number of likely N-dealkylation sites (tertiary alicyclic amines) is 1. The van der Waals surface area contributed by atoms with Crippen molar-refractivity contribution < 1.29 is 19.4 Å². The largest absolute Gasteiger partial charge is 0.480 e. The molecule has 1 aliphatic rings. The second kappa shape index (κ2) is 7.33. The number of carbonyl (C=O) groups excluding carboxylic acids is 1. The molecule has 3 atom stereocenters. The summed E-state index contributed by atoms with van der Waals surface area (Å²) in [5.74, 6) is 0.0107. The fourth-order valence-electron chi connectivity index (χ4n) is 2.47. The Bertz CT molecular complexity index is 322. The molecule has 0 bridgehead atoms. The van der Waals surface area contributed by atoms with Crippen molar-refractivity contribution in [3.63, 3.8) is 0 Å². The lowest BCUT2D eigenvalue weighted by Gasteiger charge is -2.40. The first-order chi connectivity index (χ1) is 8.91. The molecule has 0 spiro atoms. The molecule has 0 radical (unpaired) electrons. The van der Waals surface area contributed by atoms with Gasteiger partial charge in [0.05, 0.1) is 6.61 Å². The first-order valence-electron chi connectivity index (χ1n) is 6.75. The summed E-state index contributed by atoms with van der Waals surface area (Å²) in [6.07, 6.45) is 1.15. The Morgan fingerprint density at radius 3 is 2.68 bits per heavy atom. The van der Waals surface area contributed by atoms with E-state index in [0.717, 1.165) is 13.0 Å². The molecule has 6 heteroatoms. The summed E-state index contributed by atoms with van der Waals surface area (Å²) < 4.78 is 4.87.